The number of aliphatic hydroxyl groups excluding tert-OH is 1. The maximum Gasteiger partial charge on any atom is 0.0497 e. The zero-order valence-corrected chi connectivity index (χ0v) is 6.88. The maximum atomic E-state index is 8.84. The van der Waals surface area contributed by atoms with Gasteiger partial charge in [0, 0.05) is 18.2 Å². The van der Waals surface area contributed by atoms with Crippen molar-refractivity contribution in [1.82, 2.24) is 0 Å². The summed E-state index contributed by atoms with van der Waals surface area (Å²) in [7, 11) is 0. The zero-order valence-electron chi connectivity index (χ0n) is 6.88. The number of nitrogens with two attached hydrogens (primary N) is 1. The smallest absolute Gasteiger partial charge is 0.0497 e. The van der Waals surface area contributed by atoms with Gasteiger partial charge in [-0.1, -0.05) is 19.1 Å². The molecule has 0 fully saturated rings. The van der Waals surface area contributed by atoms with Crippen LogP contribution < -0.4 is 5.73 Å². The molecule has 0 bridgehead atoms. The zero-order chi connectivity index (χ0) is 8.27. The molecule has 0 saturated carbocycles. The lowest BCUT2D eigenvalue weighted by Crippen LogP contribution is -2.14. The molecule has 0 heterocycles. The summed E-state index contributed by atoms with van der Waals surface area (Å²) in [6, 6.07) is 0. The van der Waals surface area contributed by atoms with E-state index in [2.05, 4.69) is 6.92 Å². The van der Waals surface area contributed by atoms with Crippen LogP contribution in [0.1, 0.15) is 19.8 Å². The van der Waals surface area contributed by atoms with E-state index >= 15 is 0 Å². The van der Waals surface area contributed by atoms with Gasteiger partial charge < -0.3 is 10.8 Å². The highest BCUT2D eigenvalue weighted by molar-refractivity contribution is 5.28. The lowest BCUT2D eigenvalue weighted by molar-refractivity contribution is 0.250. The monoisotopic (exact) mass is 153 g/mol. The molecule has 0 saturated heterocycles. The van der Waals surface area contributed by atoms with Gasteiger partial charge in [0.1, 0.15) is 0 Å². The van der Waals surface area contributed by atoms with E-state index < -0.39 is 0 Å². The Hall–Kier alpha value is -0.760. The fourth-order valence-corrected chi connectivity index (χ4v) is 1.31. The van der Waals surface area contributed by atoms with Crippen LogP contribution in [0.25, 0.3) is 0 Å². The second kappa shape index (κ2) is 3.58. The van der Waals surface area contributed by atoms with Crippen molar-refractivity contribution in [2.75, 3.05) is 6.61 Å². The maximum absolute atomic E-state index is 8.84. The molecule has 62 valence electrons. The third-order valence-corrected chi connectivity index (χ3v) is 2.08. The van der Waals surface area contributed by atoms with Gasteiger partial charge in [-0.25, -0.2) is 0 Å². The van der Waals surface area contributed by atoms with E-state index in [1.807, 2.05) is 12.2 Å². The summed E-state index contributed by atoms with van der Waals surface area (Å²) in [5.74, 6) is 0.241. The Morgan fingerprint density at radius 1 is 1.73 bits per heavy atom. The van der Waals surface area contributed by atoms with Crippen LogP contribution in [-0.4, -0.2) is 11.7 Å². The Morgan fingerprint density at radius 3 is 2.91 bits per heavy atom. The number of aliphatic hydroxyl groups is 1. The van der Waals surface area contributed by atoms with Crippen molar-refractivity contribution in [3.05, 3.63) is 23.4 Å². The number of rotatable bonds is 2. The molecule has 1 rings (SSSR count). The lowest BCUT2D eigenvalue weighted by atomic mass is 9.93. The van der Waals surface area contributed by atoms with Crippen molar-refractivity contribution in [2.24, 2.45) is 11.7 Å². The van der Waals surface area contributed by atoms with Crippen LogP contribution in [0.2, 0.25) is 0 Å². The highest BCUT2D eigenvalue weighted by Gasteiger charge is 2.11. The minimum absolute atomic E-state index is 0.203. The van der Waals surface area contributed by atoms with Gasteiger partial charge >= 0.3 is 0 Å². The molecule has 1 aliphatic rings. The first-order valence-electron chi connectivity index (χ1n) is 4.04. The normalized spacial score (nSPS) is 24.4. The minimum Gasteiger partial charge on any atom is -0.402 e. The van der Waals surface area contributed by atoms with Crippen molar-refractivity contribution in [1.29, 1.82) is 0 Å². The highest BCUT2D eigenvalue weighted by Crippen LogP contribution is 2.21. The fourth-order valence-electron chi connectivity index (χ4n) is 1.31. The van der Waals surface area contributed by atoms with Gasteiger partial charge in [0.2, 0.25) is 0 Å². The molecular weight excluding hydrogens is 138 g/mol. The second-order valence-corrected chi connectivity index (χ2v) is 2.91. The van der Waals surface area contributed by atoms with Crippen LogP contribution >= 0.6 is 0 Å². The van der Waals surface area contributed by atoms with E-state index in [1.165, 1.54) is 5.57 Å². The van der Waals surface area contributed by atoms with Gasteiger partial charge in [0.25, 0.3) is 0 Å². The first-order valence-corrected chi connectivity index (χ1v) is 4.04. The van der Waals surface area contributed by atoms with E-state index in [4.69, 9.17) is 10.8 Å². The summed E-state index contributed by atoms with van der Waals surface area (Å²) in [6.45, 7) is 2.29. The number of hydrogen-bond acceptors (Lipinski definition) is 2. The molecule has 0 aromatic rings. The first kappa shape index (κ1) is 8.34. The predicted octanol–water partition coefficient (Wildman–Crippen LogP) is 1.18. The molecule has 1 aliphatic carbocycles. The largest absolute Gasteiger partial charge is 0.402 e. The van der Waals surface area contributed by atoms with Crippen molar-refractivity contribution < 1.29 is 5.11 Å². The molecule has 0 aliphatic heterocycles. The molecule has 0 amide bonds. The number of hydrogen-bond donors (Lipinski definition) is 2. The molecule has 0 aromatic heterocycles. The summed E-state index contributed by atoms with van der Waals surface area (Å²) >= 11 is 0. The van der Waals surface area contributed by atoms with E-state index in [9.17, 15) is 0 Å². The molecule has 0 aromatic carbocycles. The van der Waals surface area contributed by atoms with Gasteiger partial charge in [-0.2, -0.15) is 0 Å². The molecule has 0 radical (unpaired) electrons. The second-order valence-electron chi connectivity index (χ2n) is 2.91. The van der Waals surface area contributed by atoms with Crippen LogP contribution in [0.15, 0.2) is 23.4 Å². The molecule has 0 spiro atoms. The number of allylic oxidation sites excluding steroid dienone is 3. The molecule has 0 unspecified atom stereocenters. The van der Waals surface area contributed by atoms with E-state index in [1.54, 1.807) is 0 Å². The van der Waals surface area contributed by atoms with Crippen LogP contribution in [0.3, 0.4) is 0 Å². The summed E-state index contributed by atoms with van der Waals surface area (Å²) in [5, 5.41) is 8.84. The van der Waals surface area contributed by atoms with Gasteiger partial charge in [-0.05, 0) is 18.4 Å². The average molecular weight is 153 g/mol. The minimum atomic E-state index is 0.203. The predicted molar refractivity (Wildman–Crippen MR) is 45.8 cm³/mol. The lowest BCUT2D eigenvalue weighted by Gasteiger charge is -2.17. The highest BCUT2D eigenvalue weighted by atomic mass is 16.3. The molecule has 2 nitrogen and oxygen atoms in total. The molecule has 3 N–H and O–H groups in total. The van der Waals surface area contributed by atoms with Crippen molar-refractivity contribution in [2.45, 2.75) is 19.8 Å². The fraction of sp³-hybridized carbons (Fsp3) is 0.556. The van der Waals surface area contributed by atoms with Gasteiger partial charge in [0.05, 0.1) is 0 Å². The van der Waals surface area contributed by atoms with Crippen molar-refractivity contribution in [3.8, 4) is 0 Å². The summed E-state index contributed by atoms with van der Waals surface area (Å²) < 4.78 is 0. The van der Waals surface area contributed by atoms with Crippen LogP contribution in [0.4, 0.5) is 0 Å². The Bertz CT molecular complexity index is 194. The summed E-state index contributed by atoms with van der Waals surface area (Å²) in [4.78, 5) is 0. The summed E-state index contributed by atoms with van der Waals surface area (Å²) in [6.07, 6.45) is 5.87. The van der Waals surface area contributed by atoms with Crippen LogP contribution in [-0.2, 0) is 0 Å². The Balaban J connectivity index is 2.66. The quantitative estimate of drug-likeness (QED) is 0.625. The molecule has 2 heteroatoms. The molecule has 11 heavy (non-hydrogen) atoms. The van der Waals surface area contributed by atoms with Crippen LogP contribution in [0, 0.1) is 5.92 Å². The van der Waals surface area contributed by atoms with Gasteiger partial charge in [0.15, 0.2) is 0 Å². The van der Waals surface area contributed by atoms with E-state index in [-0.39, 0.29) is 12.5 Å². The summed E-state index contributed by atoms with van der Waals surface area (Å²) in [5.41, 5.74) is 7.93. The van der Waals surface area contributed by atoms with E-state index in [0.29, 0.717) is 0 Å². The van der Waals surface area contributed by atoms with Gasteiger partial charge in [-0.15, -0.1) is 0 Å². The van der Waals surface area contributed by atoms with Crippen molar-refractivity contribution >= 4 is 0 Å². The standard InChI is InChI=1S/C9H15NO/c1-2-8-4-3-7(6-11)5-9(8)10/h3-4,7,11H,2,5-6,10H2,1H3/t7-/m1/s1. The average Bonchev–Trinajstić information content (AvgIpc) is 2.04. The Labute approximate surface area is 67.4 Å². The molecular formula is C9H15NO. The topological polar surface area (TPSA) is 46.2 Å². The third-order valence-electron chi connectivity index (χ3n) is 2.08. The Kier molecular flexibility index (Phi) is 2.71. The van der Waals surface area contributed by atoms with Gasteiger partial charge in [-0.3, -0.25) is 0 Å². The molecule has 1 atom stereocenters. The van der Waals surface area contributed by atoms with Crippen LogP contribution in [0.5, 0.6) is 0 Å². The third kappa shape index (κ3) is 1.84. The van der Waals surface area contributed by atoms with E-state index in [0.717, 1.165) is 18.5 Å². The first-order chi connectivity index (χ1) is 5.27. The SMILES string of the molecule is CCC1=C(N)C[C@H](CO)C=C1. The Morgan fingerprint density at radius 2 is 2.45 bits per heavy atom. The van der Waals surface area contributed by atoms with Crippen molar-refractivity contribution in [3.63, 3.8) is 0 Å².